The van der Waals surface area contributed by atoms with E-state index in [2.05, 4.69) is 26.0 Å². The highest BCUT2D eigenvalue weighted by Crippen LogP contribution is 2.23. The first kappa shape index (κ1) is 15.4. The topological polar surface area (TPSA) is 67.4 Å². The van der Waals surface area contributed by atoms with Crippen LogP contribution in [0.2, 0.25) is 0 Å². The zero-order valence-corrected chi connectivity index (χ0v) is 11.5. The Kier molecular flexibility index (Phi) is 5.68. The van der Waals surface area contributed by atoms with Crippen LogP contribution in [0.5, 0.6) is 0 Å². The Morgan fingerprint density at radius 1 is 1.32 bits per heavy atom. The van der Waals surface area contributed by atoms with Crippen LogP contribution in [0.4, 0.5) is 19.3 Å². The maximum absolute atomic E-state index is 13.4. The molecule has 1 aromatic rings. The Morgan fingerprint density at radius 2 is 1.89 bits per heavy atom. The Morgan fingerprint density at radius 3 is 2.42 bits per heavy atom. The first-order valence-corrected chi connectivity index (χ1v) is 6.08. The number of urea groups is 1. The molecule has 0 aliphatic carbocycles. The van der Waals surface area contributed by atoms with E-state index in [1.807, 2.05) is 5.32 Å². The van der Waals surface area contributed by atoms with Crippen LogP contribution in [0.1, 0.15) is 6.92 Å². The van der Waals surface area contributed by atoms with Gasteiger partial charge in [-0.05, 0) is 19.1 Å². The molecule has 5 nitrogen and oxygen atoms in total. The highest BCUT2D eigenvalue weighted by Gasteiger charge is 2.14. The third-order valence-corrected chi connectivity index (χ3v) is 2.40. The molecule has 104 valence electrons. The molecule has 0 fully saturated rings. The van der Waals surface area contributed by atoms with Crippen molar-refractivity contribution in [2.24, 2.45) is 0 Å². The van der Waals surface area contributed by atoms with Gasteiger partial charge in [0.25, 0.3) is 0 Å². The van der Waals surface area contributed by atoms with E-state index in [0.717, 1.165) is 12.1 Å². The molecule has 0 aliphatic heterocycles. The van der Waals surface area contributed by atoms with Gasteiger partial charge in [-0.15, -0.1) is 0 Å². The van der Waals surface area contributed by atoms with Crippen LogP contribution in [0, 0.1) is 11.6 Å². The van der Waals surface area contributed by atoms with Crippen LogP contribution < -0.4 is 10.6 Å². The molecule has 1 aromatic carbocycles. The Balaban J connectivity index is 2.60. The molecule has 2 N–H and O–H groups in total. The number of anilines is 1. The SMILES string of the molecule is CCOC(=O)CNC(=O)Nc1c(F)cc(Br)cc1F. The summed E-state index contributed by atoms with van der Waals surface area (Å²) >= 11 is 2.91. The molecule has 2 amide bonds. The van der Waals surface area contributed by atoms with Crippen LogP contribution in [-0.2, 0) is 9.53 Å². The van der Waals surface area contributed by atoms with Crippen molar-refractivity contribution < 1.29 is 23.1 Å². The van der Waals surface area contributed by atoms with Gasteiger partial charge in [0.1, 0.15) is 12.2 Å². The van der Waals surface area contributed by atoms with Crippen LogP contribution in [-0.4, -0.2) is 25.2 Å². The molecule has 0 saturated heterocycles. The van der Waals surface area contributed by atoms with Crippen LogP contribution in [0.3, 0.4) is 0 Å². The minimum atomic E-state index is -0.932. The molecule has 0 atom stereocenters. The minimum absolute atomic E-state index is 0.179. The molecule has 0 aromatic heterocycles. The number of carbonyl (C=O) groups excluding carboxylic acids is 2. The summed E-state index contributed by atoms with van der Waals surface area (Å²) in [6.45, 7) is 1.40. The second-order valence-corrected chi connectivity index (χ2v) is 4.27. The number of esters is 1. The van der Waals surface area contributed by atoms with Crippen LogP contribution in [0.15, 0.2) is 16.6 Å². The number of amides is 2. The molecule has 1 rings (SSSR count). The summed E-state index contributed by atoms with van der Waals surface area (Å²) in [5.41, 5.74) is -0.593. The average Bonchev–Trinajstić information content (AvgIpc) is 2.31. The van der Waals surface area contributed by atoms with E-state index in [1.165, 1.54) is 0 Å². The van der Waals surface area contributed by atoms with Crippen molar-refractivity contribution >= 4 is 33.6 Å². The second kappa shape index (κ2) is 7.03. The molecule has 0 radical (unpaired) electrons. The lowest BCUT2D eigenvalue weighted by Crippen LogP contribution is -2.34. The molecule has 8 heteroatoms. The predicted molar refractivity (Wildman–Crippen MR) is 67.7 cm³/mol. The number of carbonyl (C=O) groups is 2. The van der Waals surface area contributed by atoms with Crippen molar-refractivity contribution in [3.05, 3.63) is 28.2 Å². The Labute approximate surface area is 116 Å². The number of nitrogens with one attached hydrogen (secondary N) is 2. The molecule has 0 heterocycles. The zero-order valence-electron chi connectivity index (χ0n) is 9.93. The monoisotopic (exact) mass is 336 g/mol. The highest BCUT2D eigenvalue weighted by molar-refractivity contribution is 9.10. The maximum Gasteiger partial charge on any atom is 0.325 e. The van der Waals surface area contributed by atoms with Crippen molar-refractivity contribution in [2.75, 3.05) is 18.5 Å². The quantitative estimate of drug-likeness (QED) is 0.829. The van der Waals surface area contributed by atoms with E-state index in [4.69, 9.17) is 0 Å². The lowest BCUT2D eigenvalue weighted by atomic mass is 10.3. The van der Waals surface area contributed by atoms with Gasteiger partial charge in [-0.1, -0.05) is 15.9 Å². The van der Waals surface area contributed by atoms with Crippen molar-refractivity contribution in [2.45, 2.75) is 6.92 Å². The zero-order chi connectivity index (χ0) is 14.4. The summed E-state index contributed by atoms with van der Waals surface area (Å²) in [6.07, 6.45) is 0. The van der Waals surface area contributed by atoms with E-state index < -0.39 is 29.3 Å². The lowest BCUT2D eigenvalue weighted by Gasteiger charge is -2.09. The molecular formula is C11H11BrF2N2O3. The standard InChI is InChI=1S/C11H11BrF2N2O3/c1-2-19-9(17)5-15-11(18)16-10-7(13)3-6(12)4-8(10)14/h3-4H,2,5H2,1H3,(H2,15,16,18). The first-order valence-electron chi connectivity index (χ1n) is 5.29. The number of rotatable bonds is 4. The van der Waals surface area contributed by atoms with Crippen LogP contribution >= 0.6 is 15.9 Å². The minimum Gasteiger partial charge on any atom is -0.465 e. The Bertz CT molecular complexity index is 474. The highest BCUT2D eigenvalue weighted by atomic mass is 79.9. The summed E-state index contributed by atoms with van der Waals surface area (Å²) in [7, 11) is 0. The van der Waals surface area contributed by atoms with Gasteiger partial charge in [-0.3, -0.25) is 4.79 Å². The lowest BCUT2D eigenvalue weighted by molar-refractivity contribution is -0.141. The Hall–Kier alpha value is -1.70. The summed E-state index contributed by atoms with van der Waals surface area (Å²) in [5, 5.41) is 4.09. The van der Waals surface area contributed by atoms with Gasteiger partial charge >= 0.3 is 12.0 Å². The van der Waals surface area contributed by atoms with Gasteiger partial charge < -0.3 is 15.4 Å². The summed E-state index contributed by atoms with van der Waals surface area (Å²) in [5.74, 6) is -2.51. The number of ether oxygens (including phenoxy) is 1. The van der Waals surface area contributed by atoms with Gasteiger partial charge in [0.2, 0.25) is 0 Å². The third-order valence-electron chi connectivity index (χ3n) is 1.94. The largest absolute Gasteiger partial charge is 0.465 e. The predicted octanol–water partition coefficient (Wildman–Crippen LogP) is 2.41. The number of halogens is 3. The number of hydrogen-bond acceptors (Lipinski definition) is 3. The molecule has 0 saturated carbocycles. The van der Waals surface area contributed by atoms with E-state index in [0.29, 0.717) is 0 Å². The maximum atomic E-state index is 13.4. The molecular weight excluding hydrogens is 326 g/mol. The number of hydrogen-bond donors (Lipinski definition) is 2. The van der Waals surface area contributed by atoms with Crippen LogP contribution in [0.25, 0.3) is 0 Å². The normalized spacial score (nSPS) is 9.89. The van der Waals surface area contributed by atoms with E-state index in [-0.39, 0.29) is 17.6 Å². The van der Waals surface area contributed by atoms with Gasteiger partial charge in [-0.2, -0.15) is 0 Å². The van der Waals surface area contributed by atoms with Gasteiger partial charge in [0, 0.05) is 4.47 Å². The molecule has 0 spiro atoms. The van der Waals surface area contributed by atoms with Crippen molar-refractivity contribution in [1.29, 1.82) is 0 Å². The third kappa shape index (κ3) is 4.82. The van der Waals surface area contributed by atoms with Gasteiger partial charge in [0.15, 0.2) is 11.6 Å². The summed E-state index contributed by atoms with van der Waals surface area (Å²) in [6, 6.07) is 1.10. The number of benzene rings is 1. The molecule has 19 heavy (non-hydrogen) atoms. The molecule has 0 aliphatic rings. The summed E-state index contributed by atoms with van der Waals surface area (Å²) in [4.78, 5) is 22.3. The fourth-order valence-corrected chi connectivity index (χ4v) is 1.59. The smallest absolute Gasteiger partial charge is 0.325 e. The van der Waals surface area contributed by atoms with E-state index in [9.17, 15) is 18.4 Å². The van der Waals surface area contributed by atoms with E-state index in [1.54, 1.807) is 6.92 Å². The fraction of sp³-hybridized carbons (Fsp3) is 0.273. The van der Waals surface area contributed by atoms with Crippen molar-refractivity contribution in [1.82, 2.24) is 5.32 Å². The molecule has 0 unspecified atom stereocenters. The van der Waals surface area contributed by atoms with Crippen molar-refractivity contribution in [3.63, 3.8) is 0 Å². The second-order valence-electron chi connectivity index (χ2n) is 3.36. The fourth-order valence-electron chi connectivity index (χ4n) is 1.18. The average molecular weight is 337 g/mol. The van der Waals surface area contributed by atoms with Crippen molar-refractivity contribution in [3.8, 4) is 0 Å². The van der Waals surface area contributed by atoms with Gasteiger partial charge in [0.05, 0.1) is 6.61 Å². The molecule has 0 bridgehead atoms. The first-order chi connectivity index (χ1) is 8.93. The summed E-state index contributed by atoms with van der Waals surface area (Å²) < 4.78 is 31.6. The van der Waals surface area contributed by atoms with E-state index >= 15 is 0 Å². The van der Waals surface area contributed by atoms with Gasteiger partial charge in [-0.25, -0.2) is 13.6 Å².